The van der Waals surface area contributed by atoms with Crippen molar-refractivity contribution in [3.8, 4) is 11.4 Å². The molecule has 0 unspecified atom stereocenters. The predicted octanol–water partition coefficient (Wildman–Crippen LogP) is 2.06. The Hall–Kier alpha value is -2.70. The second-order valence-corrected chi connectivity index (χ2v) is 6.53. The highest BCUT2D eigenvalue weighted by molar-refractivity contribution is 5.93. The van der Waals surface area contributed by atoms with Gasteiger partial charge in [0.15, 0.2) is 0 Å². The first-order valence-electron chi connectivity index (χ1n) is 8.01. The van der Waals surface area contributed by atoms with Crippen LogP contribution in [-0.4, -0.2) is 45.1 Å². The van der Waals surface area contributed by atoms with Crippen molar-refractivity contribution in [3.05, 3.63) is 36.2 Å². The van der Waals surface area contributed by atoms with Crippen LogP contribution in [0.3, 0.4) is 0 Å². The number of fused-ring (bicyclic) bond motifs is 1. The number of amides is 1. The highest BCUT2D eigenvalue weighted by Gasteiger charge is 2.56. The number of carbonyl (C=O) groups is 2. The Labute approximate surface area is 138 Å². The molecule has 2 aliphatic rings. The van der Waals surface area contributed by atoms with E-state index in [1.165, 1.54) is 0 Å². The van der Waals surface area contributed by atoms with Crippen molar-refractivity contribution in [2.45, 2.75) is 19.3 Å². The van der Waals surface area contributed by atoms with E-state index >= 15 is 0 Å². The fraction of sp³-hybridized carbons (Fsp3) is 0.412. The van der Waals surface area contributed by atoms with E-state index in [0.717, 1.165) is 12.8 Å². The third kappa shape index (κ3) is 2.19. The summed E-state index contributed by atoms with van der Waals surface area (Å²) in [7, 11) is 0. The molecule has 0 radical (unpaired) electrons. The van der Waals surface area contributed by atoms with E-state index in [2.05, 4.69) is 10.1 Å². The maximum absolute atomic E-state index is 12.7. The number of carbonyl (C=O) groups excluding carboxylic acids is 1. The van der Waals surface area contributed by atoms with Crippen molar-refractivity contribution in [1.82, 2.24) is 15.0 Å². The highest BCUT2D eigenvalue weighted by Crippen LogP contribution is 2.49. The SMILES string of the molecule is O=C(c1cc(-c2ccccn2)no1)N1C[C@@H]2CCC[C@@]2(C(=O)O)C1. The predicted molar refractivity (Wildman–Crippen MR) is 83.0 cm³/mol. The third-order valence-corrected chi connectivity index (χ3v) is 5.23. The Kier molecular flexibility index (Phi) is 3.37. The average Bonchev–Trinajstić information content (AvgIpc) is 3.29. The normalized spacial score (nSPS) is 25.7. The van der Waals surface area contributed by atoms with Gasteiger partial charge in [0.1, 0.15) is 5.69 Å². The number of hydrogen-bond acceptors (Lipinski definition) is 5. The smallest absolute Gasteiger partial charge is 0.311 e. The van der Waals surface area contributed by atoms with Crippen molar-refractivity contribution in [2.24, 2.45) is 11.3 Å². The van der Waals surface area contributed by atoms with Gasteiger partial charge in [-0.05, 0) is 30.9 Å². The lowest BCUT2D eigenvalue weighted by Crippen LogP contribution is -2.37. The van der Waals surface area contributed by atoms with Crippen molar-refractivity contribution < 1.29 is 19.2 Å². The molecule has 1 saturated carbocycles. The molecule has 1 saturated heterocycles. The molecule has 1 aliphatic carbocycles. The van der Waals surface area contributed by atoms with E-state index in [0.29, 0.717) is 24.4 Å². The van der Waals surface area contributed by atoms with Crippen LogP contribution in [0.1, 0.15) is 29.8 Å². The number of nitrogens with zero attached hydrogens (tertiary/aromatic N) is 3. The van der Waals surface area contributed by atoms with E-state index in [4.69, 9.17) is 4.52 Å². The Bertz CT molecular complexity index is 788. The Morgan fingerprint density at radius 2 is 2.21 bits per heavy atom. The molecule has 2 atom stereocenters. The summed E-state index contributed by atoms with van der Waals surface area (Å²) in [5.41, 5.74) is 0.325. The first kappa shape index (κ1) is 14.9. The van der Waals surface area contributed by atoms with Gasteiger partial charge in [0, 0.05) is 25.4 Å². The van der Waals surface area contributed by atoms with Crippen LogP contribution in [-0.2, 0) is 4.79 Å². The number of likely N-dealkylation sites (tertiary alicyclic amines) is 1. The molecule has 0 bridgehead atoms. The van der Waals surface area contributed by atoms with E-state index < -0.39 is 11.4 Å². The lowest BCUT2D eigenvalue weighted by molar-refractivity contribution is -0.149. The number of carboxylic acids is 1. The van der Waals surface area contributed by atoms with Crippen LogP contribution >= 0.6 is 0 Å². The van der Waals surface area contributed by atoms with Gasteiger partial charge in [0.2, 0.25) is 5.76 Å². The minimum Gasteiger partial charge on any atom is -0.481 e. The summed E-state index contributed by atoms with van der Waals surface area (Å²) in [5, 5.41) is 13.5. The number of rotatable bonds is 3. The fourth-order valence-electron chi connectivity index (χ4n) is 3.96. The van der Waals surface area contributed by atoms with Gasteiger partial charge in [-0.3, -0.25) is 14.6 Å². The summed E-state index contributed by atoms with van der Waals surface area (Å²) in [6.07, 6.45) is 4.03. The van der Waals surface area contributed by atoms with E-state index in [1.54, 1.807) is 29.3 Å². The number of aliphatic carboxylic acids is 1. The molecule has 1 amide bonds. The highest BCUT2D eigenvalue weighted by atomic mass is 16.5. The van der Waals surface area contributed by atoms with E-state index in [9.17, 15) is 14.7 Å². The molecular formula is C17H17N3O4. The standard InChI is InChI=1S/C17H17N3O4/c21-15(14-8-13(19-24-14)12-5-1-2-7-18-12)20-9-11-4-3-6-17(11,10-20)16(22)23/h1-2,5,7-8,11H,3-4,6,9-10H2,(H,22,23)/t11-,17+/m0/s1. The third-order valence-electron chi connectivity index (χ3n) is 5.23. The second-order valence-electron chi connectivity index (χ2n) is 6.53. The van der Waals surface area contributed by atoms with Crippen molar-refractivity contribution in [3.63, 3.8) is 0 Å². The van der Waals surface area contributed by atoms with Gasteiger partial charge in [-0.2, -0.15) is 0 Å². The van der Waals surface area contributed by atoms with Crippen molar-refractivity contribution >= 4 is 11.9 Å². The topological polar surface area (TPSA) is 96.5 Å². The van der Waals surface area contributed by atoms with Gasteiger partial charge in [-0.15, -0.1) is 0 Å². The molecule has 1 N–H and O–H groups in total. The monoisotopic (exact) mass is 327 g/mol. The van der Waals surface area contributed by atoms with Crippen LogP contribution in [0.5, 0.6) is 0 Å². The summed E-state index contributed by atoms with van der Waals surface area (Å²) >= 11 is 0. The summed E-state index contributed by atoms with van der Waals surface area (Å²) in [6, 6.07) is 6.97. The minimum absolute atomic E-state index is 0.0251. The van der Waals surface area contributed by atoms with Gasteiger partial charge in [-0.25, -0.2) is 0 Å². The Balaban J connectivity index is 1.55. The summed E-state index contributed by atoms with van der Waals surface area (Å²) < 4.78 is 5.18. The van der Waals surface area contributed by atoms with Crippen LogP contribution in [0.15, 0.2) is 35.0 Å². The molecule has 2 fully saturated rings. The lowest BCUT2D eigenvalue weighted by Gasteiger charge is -2.22. The van der Waals surface area contributed by atoms with Crippen LogP contribution < -0.4 is 0 Å². The maximum atomic E-state index is 12.7. The quantitative estimate of drug-likeness (QED) is 0.927. The molecule has 1 aliphatic heterocycles. The summed E-state index contributed by atoms with van der Waals surface area (Å²) in [5.74, 6) is -0.958. The van der Waals surface area contributed by atoms with Crippen molar-refractivity contribution in [1.29, 1.82) is 0 Å². The van der Waals surface area contributed by atoms with Gasteiger partial charge in [0.05, 0.1) is 11.1 Å². The van der Waals surface area contributed by atoms with Crippen LogP contribution in [0.2, 0.25) is 0 Å². The molecule has 0 spiro atoms. The first-order valence-corrected chi connectivity index (χ1v) is 8.01. The first-order chi connectivity index (χ1) is 11.6. The molecule has 4 rings (SSSR count). The fourth-order valence-corrected chi connectivity index (χ4v) is 3.96. The zero-order valence-corrected chi connectivity index (χ0v) is 13.0. The molecule has 24 heavy (non-hydrogen) atoms. The van der Waals surface area contributed by atoms with Crippen LogP contribution in [0, 0.1) is 11.3 Å². The second kappa shape index (κ2) is 5.43. The van der Waals surface area contributed by atoms with Gasteiger partial charge in [-0.1, -0.05) is 17.6 Å². The molecule has 2 aromatic heterocycles. The molecule has 124 valence electrons. The number of pyridine rings is 1. The summed E-state index contributed by atoms with van der Waals surface area (Å²) in [6.45, 7) is 0.705. The largest absolute Gasteiger partial charge is 0.481 e. The Morgan fingerprint density at radius 1 is 1.33 bits per heavy atom. The maximum Gasteiger partial charge on any atom is 0.311 e. The number of carboxylic acid groups (broad SMARTS) is 1. The number of hydrogen-bond donors (Lipinski definition) is 1. The zero-order valence-electron chi connectivity index (χ0n) is 13.0. The molecule has 7 nitrogen and oxygen atoms in total. The minimum atomic E-state index is -0.799. The molecule has 7 heteroatoms. The van der Waals surface area contributed by atoms with Gasteiger partial charge >= 0.3 is 5.97 Å². The lowest BCUT2D eigenvalue weighted by atomic mass is 9.81. The van der Waals surface area contributed by atoms with Crippen LogP contribution in [0.25, 0.3) is 11.4 Å². The van der Waals surface area contributed by atoms with E-state index in [1.807, 2.05) is 6.07 Å². The molecule has 0 aromatic carbocycles. The molecular weight excluding hydrogens is 310 g/mol. The molecule has 2 aromatic rings. The molecule has 3 heterocycles. The zero-order chi connectivity index (χ0) is 16.7. The van der Waals surface area contributed by atoms with E-state index in [-0.39, 0.29) is 24.1 Å². The number of aromatic nitrogens is 2. The van der Waals surface area contributed by atoms with Crippen molar-refractivity contribution in [2.75, 3.05) is 13.1 Å². The summed E-state index contributed by atoms with van der Waals surface area (Å²) in [4.78, 5) is 30.1. The Morgan fingerprint density at radius 3 is 2.92 bits per heavy atom. The van der Waals surface area contributed by atoms with Gasteiger partial charge in [0.25, 0.3) is 5.91 Å². The van der Waals surface area contributed by atoms with Gasteiger partial charge < -0.3 is 14.5 Å². The average molecular weight is 327 g/mol. The van der Waals surface area contributed by atoms with Crippen LogP contribution in [0.4, 0.5) is 0 Å².